The summed E-state index contributed by atoms with van der Waals surface area (Å²) in [7, 11) is 0. The maximum Gasteiger partial charge on any atom is 0.313 e. The lowest BCUT2D eigenvalue weighted by molar-refractivity contribution is -0.133. The predicted molar refractivity (Wildman–Crippen MR) is 75.1 cm³/mol. The van der Waals surface area contributed by atoms with Crippen molar-refractivity contribution in [2.75, 3.05) is 5.75 Å². The van der Waals surface area contributed by atoms with Crippen LogP contribution in [0.25, 0.3) is 5.69 Å². The Morgan fingerprint density at radius 2 is 2.10 bits per heavy atom. The van der Waals surface area contributed by atoms with E-state index in [1.807, 2.05) is 32.0 Å². The lowest BCUT2D eigenvalue weighted by atomic mass is 10.1. The number of hydrogen-bond donors (Lipinski definition) is 2. The summed E-state index contributed by atoms with van der Waals surface area (Å²) >= 11 is 1.08. The van der Waals surface area contributed by atoms with Gasteiger partial charge in [0.05, 0.1) is 11.4 Å². The van der Waals surface area contributed by atoms with Crippen molar-refractivity contribution in [1.29, 1.82) is 0 Å². The van der Waals surface area contributed by atoms with Crippen LogP contribution in [0, 0.1) is 13.8 Å². The van der Waals surface area contributed by atoms with Crippen molar-refractivity contribution in [2.24, 2.45) is 0 Å². The summed E-state index contributed by atoms with van der Waals surface area (Å²) in [6.07, 6.45) is 0. The van der Waals surface area contributed by atoms with Crippen molar-refractivity contribution in [3.8, 4) is 5.69 Å². The highest BCUT2D eigenvalue weighted by molar-refractivity contribution is 7.99. The minimum Gasteiger partial charge on any atom is -0.481 e. The van der Waals surface area contributed by atoms with Gasteiger partial charge in [0, 0.05) is 0 Å². The fourth-order valence-corrected chi connectivity index (χ4v) is 2.53. The average molecular weight is 293 g/mol. The highest BCUT2D eigenvalue weighted by Gasteiger charge is 2.16. The zero-order valence-corrected chi connectivity index (χ0v) is 12.0. The third kappa shape index (κ3) is 2.83. The van der Waals surface area contributed by atoms with Gasteiger partial charge in [-0.3, -0.25) is 9.36 Å². The third-order valence-electron chi connectivity index (χ3n) is 2.98. The van der Waals surface area contributed by atoms with Crippen LogP contribution in [0.15, 0.2) is 23.4 Å². The summed E-state index contributed by atoms with van der Waals surface area (Å²) in [4.78, 5) is 10.7. The number of rotatable bonds is 5. The highest BCUT2D eigenvalue weighted by atomic mass is 32.2. The van der Waals surface area contributed by atoms with Crippen LogP contribution in [0.1, 0.15) is 17.0 Å². The number of carbonyl (C=O) groups is 1. The van der Waals surface area contributed by atoms with E-state index in [0.717, 1.165) is 28.6 Å². The molecule has 6 nitrogen and oxygen atoms in total. The highest BCUT2D eigenvalue weighted by Crippen LogP contribution is 2.25. The predicted octanol–water partition coefficient (Wildman–Crippen LogP) is 1.55. The van der Waals surface area contributed by atoms with Gasteiger partial charge in [0.15, 0.2) is 11.0 Å². The Balaban J connectivity index is 2.50. The minimum atomic E-state index is -0.920. The van der Waals surface area contributed by atoms with Crippen LogP contribution >= 0.6 is 11.8 Å². The number of nitrogens with zero attached hydrogens (tertiary/aromatic N) is 3. The second kappa shape index (κ2) is 6.06. The van der Waals surface area contributed by atoms with E-state index in [2.05, 4.69) is 10.2 Å². The van der Waals surface area contributed by atoms with Gasteiger partial charge in [0.25, 0.3) is 0 Å². The van der Waals surface area contributed by atoms with Gasteiger partial charge in [-0.2, -0.15) is 0 Å². The van der Waals surface area contributed by atoms with Crippen molar-refractivity contribution in [2.45, 2.75) is 25.6 Å². The van der Waals surface area contributed by atoms with E-state index in [-0.39, 0.29) is 12.4 Å². The number of benzene rings is 1. The van der Waals surface area contributed by atoms with Gasteiger partial charge in [-0.15, -0.1) is 10.2 Å². The Morgan fingerprint density at radius 1 is 1.35 bits per heavy atom. The number of aromatic nitrogens is 3. The number of aliphatic hydroxyl groups excluding tert-OH is 1. The maximum absolute atomic E-state index is 10.7. The number of aliphatic carboxylic acids is 1. The largest absolute Gasteiger partial charge is 0.481 e. The first kappa shape index (κ1) is 14.5. The lowest BCUT2D eigenvalue weighted by Crippen LogP contribution is -2.07. The monoisotopic (exact) mass is 293 g/mol. The van der Waals surface area contributed by atoms with Gasteiger partial charge in [-0.25, -0.2) is 0 Å². The molecule has 0 saturated heterocycles. The van der Waals surface area contributed by atoms with Gasteiger partial charge in [0.2, 0.25) is 0 Å². The molecule has 20 heavy (non-hydrogen) atoms. The van der Waals surface area contributed by atoms with E-state index in [4.69, 9.17) is 5.11 Å². The molecule has 0 saturated carbocycles. The van der Waals surface area contributed by atoms with Gasteiger partial charge in [-0.05, 0) is 31.0 Å². The summed E-state index contributed by atoms with van der Waals surface area (Å²) in [5.41, 5.74) is 3.00. The number of hydrogen-bond acceptors (Lipinski definition) is 5. The lowest BCUT2D eigenvalue weighted by Gasteiger charge is -2.13. The SMILES string of the molecule is Cc1cccc(-n2c(CO)nnc2SCC(=O)O)c1C. The maximum atomic E-state index is 10.7. The average Bonchev–Trinajstić information content (AvgIpc) is 2.82. The molecule has 0 radical (unpaired) electrons. The van der Waals surface area contributed by atoms with Crippen molar-refractivity contribution < 1.29 is 15.0 Å². The summed E-state index contributed by atoms with van der Waals surface area (Å²) in [5, 5.41) is 26.5. The first-order chi connectivity index (χ1) is 9.54. The van der Waals surface area contributed by atoms with Gasteiger partial charge in [-0.1, -0.05) is 23.9 Å². The Bertz CT molecular complexity index is 640. The molecule has 0 aliphatic carbocycles. The molecule has 0 amide bonds. The molecule has 0 aliphatic rings. The molecular formula is C13H15N3O3S. The van der Waals surface area contributed by atoms with Crippen LogP contribution in [0.3, 0.4) is 0 Å². The Hall–Kier alpha value is -1.86. The van der Waals surface area contributed by atoms with Gasteiger partial charge < -0.3 is 10.2 Å². The topological polar surface area (TPSA) is 88.2 Å². The van der Waals surface area contributed by atoms with Crippen molar-refractivity contribution >= 4 is 17.7 Å². The molecule has 0 aliphatic heterocycles. The summed E-state index contributed by atoms with van der Waals surface area (Å²) < 4.78 is 1.70. The summed E-state index contributed by atoms with van der Waals surface area (Å²) in [6, 6.07) is 5.80. The van der Waals surface area contributed by atoms with Crippen molar-refractivity contribution in [3.63, 3.8) is 0 Å². The molecule has 106 valence electrons. The Labute approximate surface area is 120 Å². The molecule has 2 aromatic rings. The molecule has 7 heteroatoms. The van der Waals surface area contributed by atoms with E-state index in [1.165, 1.54) is 0 Å². The van der Waals surface area contributed by atoms with Crippen LogP contribution in [0.2, 0.25) is 0 Å². The van der Waals surface area contributed by atoms with Crippen molar-refractivity contribution in [3.05, 3.63) is 35.2 Å². The molecule has 2 N–H and O–H groups in total. The first-order valence-electron chi connectivity index (χ1n) is 6.01. The molecule has 1 heterocycles. The van der Waals surface area contributed by atoms with Crippen LogP contribution < -0.4 is 0 Å². The Kier molecular flexibility index (Phi) is 4.41. The number of carboxylic acids is 1. The Morgan fingerprint density at radius 3 is 2.75 bits per heavy atom. The molecule has 0 fully saturated rings. The second-order valence-corrected chi connectivity index (χ2v) is 5.24. The van der Waals surface area contributed by atoms with Crippen LogP contribution in [-0.4, -0.2) is 36.7 Å². The molecule has 0 bridgehead atoms. The molecular weight excluding hydrogens is 278 g/mol. The van der Waals surface area contributed by atoms with Crippen LogP contribution in [0.4, 0.5) is 0 Å². The zero-order chi connectivity index (χ0) is 14.7. The molecule has 0 unspecified atom stereocenters. The zero-order valence-electron chi connectivity index (χ0n) is 11.2. The van der Waals surface area contributed by atoms with Crippen LogP contribution in [-0.2, 0) is 11.4 Å². The van der Waals surface area contributed by atoms with Crippen LogP contribution in [0.5, 0.6) is 0 Å². The number of aryl methyl sites for hydroxylation is 1. The molecule has 0 atom stereocenters. The summed E-state index contributed by atoms with van der Waals surface area (Å²) in [6.45, 7) is 3.71. The van der Waals surface area contributed by atoms with Crippen molar-refractivity contribution in [1.82, 2.24) is 14.8 Å². The number of thioether (sulfide) groups is 1. The van der Waals surface area contributed by atoms with E-state index in [1.54, 1.807) is 4.57 Å². The normalized spacial score (nSPS) is 10.8. The van der Waals surface area contributed by atoms with E-state index < -0.39 is 5.97 Å². The summed E-state index contributed by atoms with van der Waals surface area (Å²) in [5.74, 6) is -0.628. The fourth-order valence-electron chi connectivity index (χ4n) is 1.84. The quantitative estimate of drug-likeness (QED) is 0.813. The molecule has 0 spiro atoms. The van der Waals surface area contributed by atoms with E-state index in [9.17, 15) is 9.90 Å². The molecule has 1 aromatic carbocycles. The van der Waals surface area contributed by atoms with E-state index >= 15 is 0 Å². The first-order valence-corrected chi connectivity index (χ1v) is 6.99. The third-order valence-corrected chi connectivity index (χ3v) is 3.90. The van der Waals surface area contributed by atoms with Gasteiger partial charge >= 0.3 is 5.97 Å². The minimum absolute atomic E-state index is 0.103. The van der Waals surface area contributed by atoms with E-state index in [0.29, 0.717) is 11.0 Å². The van der Waals surface area contributed by atoms with Gasteiger partial charge in [0.1, 0.15) is 6.61 Å². The second-order valence-electron chi connectivity index (χ2n) is 4.29. The number of aliphatic hydroxyl groups is 1. The fraction of sp³-hybridized carbons (Fsp3) is 0.308. The smallest absolute Gasteiger partial charge is 0.313 e. The number of carboxylic acid groups (broad SMARTS) is 1. The molecule has 1 aromatic heterocycles. The standard InChI is InChI=1S/C13H15N3O3S/c1-8-4-3-5-10(9(8)2)16-11(6-17)14-15-13(16)20-7-12(18)19/h3-5,17H,6-7H2,1-2H3,(H,18,19). The molecule has 2 rings (SSSR count).